The largest absolute Gasteiger partial charge is 0.394 e. The number of carbonyl (C=O) groups is 2. The number of likely N-dealkylation sites (tertiary alicyclic amines) is 2. The Bertz CT molecular complexity index is 1010. The summed E-state index contributed by atoms with van der Waals surface area (Å²) < 4.78 is 0. The summed E-state index contributed by atoms with van der Waals surface area (Å²) in [4.78, 5) is 37.8. The summed E-state index contributed by atoms with van der Waals surface area (Å²) >= 11 is 0. The number of nitrogens with zero attached hydrogens (tertiary/aromatic N) is 4. The van der Waals surface area contributed by atoms with Crippen molar-refractivity contribution in [2.45, 2.75) is 37.3 Å². The van der Waals surface area contributed by atoms with Crippen LogP contribution in [0.3, 0.4) is 0 Å². The summed E-state index contributed by atoms with van der Waals surface area (Å²) in [5, 5.41) is 10.2. The first kappa shape index (κ1) is 19.9. The van der Waals surface area contributed by atoms with Crippen molar-refractivity contribution < 1.29 is 14.7 Å². The SMILES string of the molecule is C/C=C/c1ccc([C@H]2[C@@H](CO)N(C(=O)c3cnccn3)C23CN(C(=O)C2CC2)C3)cc1. The molecule has 3 fully saturated rings. The molecule has 2 aromatic rings. The van der Waals surface area contributed by atoms with Crippen LogP contribution in [0.4, 0.5) is 0 Å². The zero-order chi connectivity index (χ0) is 21.6. The van der Waals surface area contributed by atoms with E-state index in [2.05, 4.69) is 34.2 Å². The van der Waals surface area contributed by atoms with E-state index < -0.39 is 5.54 Å². The summed E-state index contributed by atoms with van der Waals surface area (Å²) in [6, 6.07) is 7.88. The summed E-state index contributed by atoms with van der Waals surface area (Å²) in [6.07, 6.45) is 10.4. The van der Waals surface area contributed by atoms with Gasteiger partial charge in [-0.25, -0.2) is 4.98 Å². The Morgan fingerprint density at radius 2 is 1.94 bits per heavy atom. The van der Waals surface area contributed by atoms with Crippen LogP contribution in [0.15, 0.2) is 48.9 Å². The average Bonchev–Trinajstić information content (AvgIpc) is 3.59. The highest BCUT2D eigenvalue weighted by Crippen LogP contribution is 2.55. The molecule has 1 saturated carbocycles. The molecule has 7 nitrogen and oxygen atoms in total. The number of hydrogen-bond acceptors (Lipinski definition) is 5. The second kappa shape index (κ2) is 7.57. The quantitative estimate of drug-likeness (QED) is 0.804. The smallest absolute Gasteiger partial charge is 0.275 e. The number of rotatable bonds is 5. The number of aliphatic hydroxyl groups is 1. The van der Waals surface area contributed by atoms with Gasteiger partial charge in [0.1, 0.15) is 5.69 Å². The lowest BCUT2D eigenvalue weighted by molar-refractivity contribution is -0.179. The van der Waals surface area contributed by atoms with Gasteiger partial charge in [0, 0.05) is 37.3 Å². The Labute approximate surface area is 181 Å². The molecule has 0 bridgehead atoms. The molecule has 1 aromatic heterocycles. The Balaban J connectivity index is 1.47. The van der Waals surface area contributed by atoms with E-state index in [0.29, 0.717) is 13.1 Å². The summed E-state index contributed by atoms with van der Waals surface area (Å²) in [5.74, 6) is 0.0504. The monoisotopic (exact) mass is 418 g/mol. The minimum absolute atomic E-state index is 0.0407. The summed E-state index contributed by atoms with van der Waals surface area (Å²) in [7, 11) is 0. The molecular formula is C24H26N4O3. The Kier molecular flexibility index (Phi) is 4.85. The van der Waals surface area contributed by atoms with Crippen LogP contribution in [-0.4, -0.2) is 68.0 Å². The molecule has 1 spiro atoms. The number of aromatic nitrogens is 2. The molecule has 5 rings (SSSR count). The van der Waals surface area contributed by atoms with E-state index in [1.807, 2.05) is 24.0 Å². The molecule has 160 valence electrons. The van der Waals surface area contributed by atoms with Gasteiger partial charge in [-0.1, -0.05) is 36.4 Å². The molecule has 31 heavy (non-hydrogen) atoms. The van der Waals surface area contributed by atoms with E-state index in [4.69, 9.17) is 0 Å². The molecule has 1 aromatic carbocycles. The fourth-order valence-corrected chi connectivity index (χ4v) is 5.23. The third-order valence-electron chi connectivity index (χ3n) is 6.79. The van der Waals surface area contributed by atoms with E-state index in [-0.39, 0.29) is 42.0 Å². The van der Waals surface area contributed by atoms with Gasteiger partial charge in [-0.3, -0.25) is 14.6 Å². The van der Waals surface area contributed by atoms with E-state index in [1.54, 1.807) is 4.90 Å². The summed E-state index contributed by atoms with van der Waals surface area (Å²) in [6.45, 7) is 2.82. The Hall–Kier alpha value is -3.06. The molecule has 0 radical (unpaired) electrons. The first-order valence-corrected chi connectivity index (χ1v) is 10.8. The van der Waals surface area contributed by atoms with Gasteiger partial charge < -0.3 is 14.9 Å². The van der Waals surface area contributed by atoms with Crippen LogP contribution >= 0.6 is 0 Å². The Morgan fingerprint density at radius 1 is 1.19 bits per heavy atom. The number of amides is 2. The van der Waals surface area contributed by atoms with Crippen molar-refractivity contribution in [2.75, 3.05) is 19.7 Å². The molecule has 2 atom stereocenters. The average molecular weight is 418 g/mol. The zero-order valence-corrected chi connectivity index (χ0v) is 17.5. The first-order chi connectivity index (χ1) is 15.1. The predicted molar refractivity (Wildman–Crippen MR) is 115 cm³/mol. The van der Waals surface area contributed by atoms with Crippen LogP contribution < -0.4 is 0 Å². The standard InChI is InChI=1S/C24H26N4O3/c1-2-3-16-4-6-17(7-5-16)21-20(13-29)28(23(31)19-12-25-10-11-26-19)24(21)14-27(15-24)22(30)18-8-9-18/h2-7,10-12,18,20-21,29H,8-9,13-15H2,1H3/b3-2+/t20-,21+/m1/s1. The van der Waals surface area contributed by atoms with Crippen molar-refractivity contribution in [3.8, 4) is 0 Å². The molecule has 1 N–H and O–H groups in total. The number of hydrogen-bond donors (Lipinski definition) is 1. The molecule has 2 saturated heterocycles. The van der Waals surface area contributed by atoms with Crippen LogP contribution in [0.2, 0.25) is 0 Å². The fourth-order valence-electron chi connectivity index (χ4n) is 5.23. The second-order valence-electron chi connectivity index (χ2n) is 8.73. The van der Waals surface area contributed by atoms with Gasteiger partial charge in [-0.2, -0.15) is 0 Å². The van der Waals surface area contributed by atoms with Crippen LogP contribution in [0.1, 0.15) is 47.3 Å². The molecule has 7 heteroatoms. The molecule has 2 amide bonds. The van der Waals surface area contributed by atoms with E-state index in [9.17, 15) is 14.7 Å². The summed E-state index contributed by atoms with van der Waals surface area (Å²) in [5.41, 5.74) is 1.92. The number of carbonyl (C=O) groups excluding carboxylic acids is 2. The molecular weight excluding hydrogens is 392 g/mol. The predicted octanol–water partition coefficient (Wildman–Crippen LogP) is 2.10. The van der Waals surface area contributed by atoms with Gasteiger partial charge in [-0.15, -0.1) is 0 Å². The second-order valence-corrected chi connectivity index (χ2v) is 8.73. The van der Waals surface area contributed by atoms with Crippen LogP contribution in [-0.2, 0) is 4.79 Å². The lowest BCUT2D eigenvalue weighted by atomic mass is 9.60. The van der Waals surface area contributed by atoms with Crippen molar-refractivity contribution in [2.24, 2.45) is 5.92 Å². The highest BCUT2D eigenvalue weighted by Gasteiger charge is 2.68. The minimum Gasteiger partial charge on any atom is -0.394 e. The normalized spacial score (nSPS) is 24.2. The highest BCUT2D eigenvalue weighted by molar-refractivity contribution is 5.94. The minimum atomic E-state index is -0.519. The topological polar surface area (TPSA) is 86.6 Å². The van der Waals surface area contributed by atoms with Gasteiger partial charge in [-0.05, 0) is 30.9 Å². The van der Waals surface area contributed by atoms with Gasteiger partial charge in [0.2, 0.25) is 5.91 Å². The lowest BCUT2D eigenvalue weighted by Gasteiger charge is -2.70. The maximum atomic E-state index is 13.3. The van der Waals surface area contributed by atoms with Gasteiger partial charge in [0.05, 0.1) is 24.4 Å². The van der Waals surface area contributed by atoms with E-state index in [0.717, 1.165) is 24.0 Å². The van der Waals surface area contributed by atoms with Gasteiger partial charge in [0.25, 0.3) is 5.91 Å². The fraction of sp³-hybridized carbons (Fsp3) is 0.417. The number of aliphatic hydroxyl groups excluding tert-OH is 1. The zero-order valence-electron chi connectivity index (χ0n) is 17.5. The molecule has 3 aliphatic rings. The van der Waals surface area contributed by atoms with Crippen molar-refractivity contribution in [1.29, 1.82) is 0 Å². The van der Waals surface area contributed by atoms with E-state index in [1.165, 1.54) is 18.6 Å². The van der Waals surface area contributed by atoms with Crippen molar-refractivity contribution >= 4 is 17.9 Å². The molecule has 3 heterocycles. The molecule has 2 aliphatic heterocycles. The van der Waals surface area contributed by atoms with E-state index >= 15 is 0 Å². The van der Waals surface area contributed by atoms with Crippen LogP contribution in [0.25, 0.3) is 6.08 Å². The number of benzene rings is 1. The van der Waals surface area contributed by atoms with Crippen molar-refractivity contribution in [3.63, 3.8) is 0 Å². The van der Waals surface area contributed by atoms with Crippen molar-refractivity contribution in [1.82, 2.24) is 19.8 Å². The lowest BCUT2D eigenvalue weighted by Crippen LogP contribution is -2.86. The number of allylic oxidation sites excluding steroid dienone is 1. The molecule has 0 unspecified atom stereocenters. The maximum absolute atomic E-state index is 13.3. The van der Waals surface area contributed by atoms with Crippen LogP contribution in [0, 0.1) is 5.92 Å². The maximum Gasteiger partial charge on any atom is 0.275 e. The van der Waals surface area contributed by atoms with Crippen molar-refractivity contribution in [3.05, 3.63) is 65.8 Å². The molecule has 1 aliphatic carbocycles. The highest BCUT2D eigenvalue weighted by atomic mass is 16.3. The third-order valence-corrected chi connectivity index (χ3v) is 6.79. The third kappa shape index (κ3) is 3.15. The van der Waals surface area contributed by atoms with Gasteiger partial charge >= 0.3 is 0 Å². The van der Waals surface area contributed by atoms with Crippen LogP contribution in [0.5, 0.6) is 0 Å². The first-order valence-electron chi connectivity index (χ1n) is 10.8. The van der Waals surface area contributed by atoms with Gasteiger partial charge in [0.15, 0.2) is 0 Å². The Morgan fingerprint density at radius 3 is 2.52 bits per heavy atom.